The van der Waals surface area contributed by atoms with E-state index in [0.717, 1.165) is 11.0 Å². The van der Waals surface area contributed by atoms with Crippen LogP contribution in [0.1, 0.15) is 24.2 Å². The molecule has 6 heteroatoms. The molecular formula is C17H20BrN3O2. The van der Waals surface area contributed by atoms with E-state index >= 15 is 0 Å². The normalized spacial score (nSPS) is 11.8. The maximum atomic E-state index is 12.0. The number of carbonyl (C=O) groups is 1. The van der Waals surface area contributed by atoms with Crippen LogP contribution in [0.4, 0.5) is 0 Å². The summed E-state index contributed by atoms with van der Waals surface area (Å²) >= 11 is 3.39. The van der Waals surface area contributed by atoms with Crippen LogP contribution >= 0.6 is 15.9 Å². The van der Waals surface area contributed by atoms with Crippen LogP contribution in [0.15, 0.2) is 47.1 Å². The third-order valence-electron chi connectivity index (χ3n) is 3.14. The molecule has 2 N–H and O–H groups in total. The van der Waals surface area contributed by atoms with Gasteiger partial charge in [-0.25, -0.2) is 4.98 Å². The monoisotopic (exact) mass is 377 g/mol. The van der Waals surface area contributed by atoms with Gasteiger partial charge in [0.15, 0.2) is 0 Å². The Hall–Kier alpha value is -1.92. The first-order valence-corrected chi connectivity index (χ1v) is 8.29. The van der Waals surface area contributed by atoms with Crippen molar-refractivity contribution in [3.8, 4) is 11.6 Å². The lowest BCUT2D eigenvalue weighted by atomic mass is 10.2. The summed E-state index contributed by atoms with van der Waals surface area (Å²) in [5.41, 5.74) is 0.510. The van der Waals surface area contributed by atoms with Gasteiger partial charge in [-0.15, -0.1) is 0 Å². The van der Waals surface area contributed by atoms with Gasteiger partial charge in [-0.05, 0) is 37.7 Å². The van der Waals surface area contributed by atoms with Crippen LogP contribution in [0.2, 0.25) is 0 Å². The highest BCUT2D eigenvalue weighted by Gasteiger charge is 2.08. The smallest absolute Gasteiger partial charge is 0.252 e. The van der Waals surface area contributed by atoms with Crippen LogP contribution < -0.4 is 15.4 Å². The number of nitrogens with zero attached hydrogens (tertiary/aromatic N) is 1. The lowest BCUT2D eigenvalue weighted by Crippen LogP contribution is -2.38. The van der Waals surface area contributed by atoms with Gasteiger partial charge in [-0.3, -0.25) is 4.79 Å². The molecule has 1 heterocycles. The van der Waals surface area contributed by atoms with Gasteiger partial charge in [0.1, 0.15) is 5.75 Å². The third kappa shape index (κ3) is 5.65. The molecule has 0 radical (unpaired) electrons. The predicted octanol–water partition coefficient (Wildman–Crippen LogP) is 3.36. The van der Waals surface area contributed by atoms with Crippen LogP contribution in [0, 0.1) is 0 Å². The summed E-state index contributed by atoms with van der Waals surface area (Å²) in [6, 6.07) is 11.1. The number of carbonyl (C=O) groups excluding carboxylic acids is 1. The Kier molecular flexibility index (Phi) is 6.55. The molecule has 0 saturated heterocycles. The van der Waals surface area contributed by atoms with Gasteiger partial charge in [0, 0.05) is 29.3 Å². The van der Waals surface area contributed by atoms with Crippen molar-refractivity contribution in [2.75, 3.05) is 13.1 Å². The standard InChI is InChI=1S/C17H20BrN3O2/c1-3-19-12(2)10-21-17(22)13-7-8-16(20-11-13)23-15-6-4-5-14(18)9-15/h4-9,11-12,19H,3,10H2,1-2H3,(H,21,22)/t12-/m1/s1. The fourth-order valence-electron chi connectivity index (χ4n) is 1.99. The van der Waals surface area contributed by atoms with Gasteiger partial charge >= 0.3 is 0 Å². The van der Waals surface area contributed by atoms with Gasteiger partial charge in [0.2, 0.25) is 5.88 Å². The summed E-state index contributed by atoms with van der Waals surface area (Å²) in [6.07, 6.45) is 1.51. The molecule has 5 nitrogen and oxygen atoms in total. The van der Waals surface area contributed by atoms with E-state index in [9.17, 15) is 4.79 Å². The molecule has 1 atom stereocenters. The van der Waals surface area contributed by atoms with E-state index in [1.165, 1.54) is 6.20 Å². The summed E-state index contributed by atoms with van der Waals surface area (Å²) in [7, 11) is 0. The van der Waals surface area contributed by atoms with Crippen LogP contribution in [0.5, 0.6) is 11.6 Å². The van der Waals surface area contributed by atoms with Gasteiger partial charge in [-0.1, -0.05) is 28.9 Å². The second-order valence-corrected chi connectivity index (χ2v) is 6.03. The number of amides is 1. The number of rotatable bonds is 7. The highest BCUT2D eigenvalue weighted by atomic mass is 79.9. The zero-order valence-electron chi connectivity index (χ0n) is 13.2. The average Bonchev–Trinajstić information content (AvgIpc) is 2.54. The minimum absolute atomic E-state index is 0.142. The van der Waals surface area contributed by atoms with E-state index in [0.29, 0.717) is 23.7 Å². The zero-order chi connectivity index (χ0) is 16.7. The fourth-order valence-corrected chi connectivity index (χ4v) is 2.37. The second kappa shape index (κ2) is 8.64. The molecular weight excluding hydrogens is 358 g/mol. The Bertz CT molecular complexity index is 647. The van der Waals surface area contributed by atoms with E-state index < -0.39 is 0 Å². The molecule has 2 aromatic rings. The molecule has 2 rings (SSSR count). The highest BCUT2D eigenvalue weighted by Crippen LogP contribution is 2.22. The minimum Gasteiger partial charge on any atom is -0.439 e. The van der Waals surface area contributed by atoms with E-state index in [1.807, 2.05) is 38.1 Å². The summed E-state index contributed by atoms with van der Waals surface area (Å²) in [5.74, 6) is 0.987. The molecule has 1 aromatic carbocycles. The Labute approximate surface area is 144 Å². The number of benzene rings is 1. The Balaban J connectivity index is 1.92. The first kappa shape index (κ1) is 17.4. The highest BCUT2D eigenvalue weighted by molar-refractivity contribution is 9.10. The molecule has 0 aliphatic carbocycles. The molecule has 0 aliphatic rings. The van der Waals surface area contributed by atoms with Crippen molar-refractivity contribution in [3.05, 3.63) is 52.6 Å². The molecule has 1 aromatic heterocycles. The van der Waals surface area contributed by atoms with Crippen molar-refractivity contribution in [3.63, 3.8) is 0 Å². The number of hydrogen-bond acceptors (Lipinski definition) is 4. The van der Waals surface area contributed by atoms with Crippen LogP contribution in [0.25, 0.3) is 0 Å². The molecule has 23 heavy (non-hydrogen) atoms. The maximum Gasteiger partial charge on any atom is 0.252 e. The minimum atomic E-state index is -0.142. The van der Waals surface area contributed by atoms with E-state index in [1.54, 1.807) is 12.1 Å². The largest absolute Gasteiger partial charge is 0.439 e. The number of halogens is 1. The zero-order valence-corrected chi connectivity index (χ0v) is 14.8. The number of pyridine rings is 1. The summed E-state index contributed by atoms with van der Waals surface area (Å²) in [4.78, 5) is 16.2. The van der Waals surface area contributed by atoms with Crippen molar-refractivity contribution >= 4 is 21.8 Å². The Morgan fingerprint density at radius 3 is 2.83 bits per heavy atom. The molecule has 0 bridgehead atoms. The van der Waals surface area contributed by atoms with Crippen molar-refractivity contribution in [2.45, 2.75) is 19.9 Å². The third-order valence-corrected chi connectivity index (χ3v) is 3.63. The Morgan fingerprint density at radius 1 is 1.35 bits per heavy atom. The first-order chi connectivity index (χ1) is 11.1. The van der Waals surface area contributed by atoms with E-state index in [4.69, 9.17) is 4.74 Å². The SMILES string of the molecule is CCN[C@H](C)CNC(=O)c1ccc(Oc2cccc(Br)c2)nc1. The molecule has 0 fully saturated rings. The molecule has 0 saturated carbocycles. The topological polar surface area (TPSA) is 63.2 Å². The van der Waals surface area contributed by atoms with Crippen molar-refractivity contribution in [2.24, 2.45) is 0 Å². The number of nitrogens with one attached hydrogen (secondary N) is 2. The molecule has 0 spiro atoms. The van der Waals surface area contributed by atoms with Crippen molar-refractivity contribution in [1.29, 1.82) is 0 Å². The quantitative estimate of drug-likeness (QED) is 0.776. The van der Waals surface area contributed by atoms with Gasteiger partial charge in [0.05, 0.1) is 5.56 Å². The van der Waals surface area contributed by atoms with E-state index in [-0.39, 0.29) is 11.9 Å². The fraction of sp³-hybridized carbons (Fsp3) is 0.294. The van der Waals surface area contributed by atoms with Gasteiger partial charge in [-0.2, -0.15) is 0 Å². The number of aromatic nitrogens is 1. The summed E-state index contributed by atoms with van der Waals surface area (Å²) in [5, 5.41) is 6.11. The van der Waals surface area contributed by atoms with Crippen molar-refractivity contribution in [1.82, 2.24) is 15.6 Å². The predicted molar refractivity (Wildman–Crippen MR) is 93.9 cm³/mol. The lowest BCUT2D eigenvalue weighted by molar-refractivity contribution is 0.0950. The summed E-state index contributed by atoms with van der Waals surface area (Å²) in [6.45, 7) is 5.51. The average molecular weight is 378 g/mol. The number of hydrogen-bond donors (Lipinski definition) is 2. The molecule has 1 amide bonds. The Morgan fingerprint density at radius 2 is 2.17 bits per heavy atom. The number of likely N-dealkylation sites (N-methyl/N-ethyl adjacent to an activating group) is 1. The van der Waals surface area contributed by atoms with Crippen LogP contribution in [-0.2, 0) is 0 Å². The summed E-state index contributed by atoms with van der Waals surface area (Å²) < 4.78 is 6.57. The molecule has 122 valence electrons. The van der Waals surface area contributed by atoms with Crippen LogP contribution in [-0.4, -0.2) is 30.0 Å². The second-order valence-electron chi connectivity index (χ2n) is 5.11. The number of ether oxygens (including phenoxy) is 1. The molecule has 0 unspecified atom stereocenters. The van der Waals surface area contributed by atoms with Gasteiger partial charge in [0.25, 0.3) is 5.91 Å². The van der Waals surface area contributed by atoms with E-state index in [2.05, 4.69) is 31.5 Å². The first-order valence-electron chi connectivity index (χ1n) is 7.49. The lowest BCUT2D eigenvalue weighted by Gasteiger charge is -2.13. The maximum absolute atomic E-state index is 12.0. The van der Waals surface area contributed by atoms with Crippen molar-refractivity contribution < 1.29 is 9.53 Å². The molecule has 0 aliphatic heterocycles. The van der Waals surface area contributed by atoms with Crippen LogP contribution in [0.3, 0.4) is 0 Å². The van der Waals surface area contributed by atoms with Gasteiger partial charge < -0.3 is 15.4 Å².